The second-order valence-electron chi connectivity index (χ2n) is 15.7. The van der Waals surface area contributed by atoms with Crippen molar-refractivity contribution in [3.8, 4) is 50.7 Å². The molecule has 0 aliphatic carbocycles. The van der Waals surface area contributed by atoms with Crippen molar-refractivity contribution in [3.63, 3.8) is 0 Å². The Hall–Kier alpha value is -8.28. The van der Waals surface area contributed by atoms with Gasteiger partial charge in [0.1, 0.15) is 28.1 Å². The van der Waals surface area contributed by atoms with E-state index in [1.54, 1.807) is 0 Å². The molecule has 9 aromatic carbocycles. The minimum atomic E-state index is 0.645. The Kier molecular flexibility index (Phi) is 7.24. The topological polar surface area (TPSA) is 57.0 Å². The highest BCUT2D eigenvalue weighted by Crippen LogP contribution is 2.43. The molecule has 0 bridgehead atoms. The van der Waals surface area contributed by atoms with Gasteiger partial charge in [-0.2, -0.15) is 0 Å². The summed E-state index contributed by atoms with van der Waals surface area (Å²) >= 11 is 0. The van der Waals surface area contributed by atoms with Gasteiger partial charge >= 0.3 is 0 Å². The highest BCUT2D eigenvalue weighted by molar-refractivity contribution is 6.21. The van der Waals surface area contributed by atoms with Crippen molar-refractivity contribution in [2.45, 2.75) is 0 Å². The van der Waals surface area contributed by atoms with Crippen LogP contribution in [-0.4, -0.2) is 14.5 Å². The molecule has 0 fully saturated rings. The van der Waals surface area contributed by atoms with Crippen molar-refractivity contribution in [2.24, 2.45) is 0 Å². The Bertz CT molecular complexity index is 3890. The third-order valence-electron chi connectivity index (χ3n) is 12.2. The molecule has 0 atom stereocenters. The summed E-state index contributed by atoms with van der Waals surface area (Å²) in [5.41, 5.74) is 12.7. The molecule has 13 rings (SSSR count). The predicted octanol–water partition coefficient (Wildman–Crippen LogP) is 15.2. The molecular formula is C56H33N3O2. The normalized spacial score (nSPS) is 11.9. The van der Waals surface area contributed by atoms with Crippen LogP contribution in [0.2, 0.25) is 0 Å². The third-order valence-corrected chi connectivity index (χ3v) is 12.2. The van der Waals surface area contributed by atoms with Crippen LogP contribution in [0.3, 0.4) is 0 Å². The first-order chi connectivity index (χ1) is 30.2. The smallest absolute Gasteiger partial charge is 0.162 e. The molecule has 0 saturated heterocycles. The standard InChI is InChI=1S/C56H33N3O2/c1-2-14-35(15-3-1)56-57-48(38-28-29-44-42-19-6-8-25-49(42)60-51(44)32-38)33-52(58-56)59-53-39-18-5-4-13-34(39)27-30-46(53)45-23-11-21-40(54(45)59)36-16-10-17-37(31-36)41-22-12-24-47-43-20-7-9-26-50(43)61-55(41)47/h1-33H. The molecule has 0 saturated carbocycles. The maximum Gasteiger partial charge on any atom is 0.162 e. The summed E-state index contributed by atoms with van der Waals surface area (Å²) in [7, 11) is 0. The van der Waals surface area contributed by atoms with Crippen molar-refractivity contribution in [2.75, 3.05) is 0 Å². The highest BCUT2D eigenvalue weighted by atomic mass is 16.3. The molecule has 0 aliphatic rings. The van der Waals surface area contributed by atoms with Gasteiger partial charge < -0.3 is 8.83 Å². The molecule has 13 aromatic rings. The largest absolute Gasteiger partial charge is 0.456 e. The molecule has 0 N–H and O–H groups in total. The Morgan fingerprint density at radius 2 is 0.951 bits per heavy atom. The van der Waals surface area contributed by atoms with Gasteiger partial charge in [-0.15, -0.1) is 0 Å². The first-order valence-corrected chi connectivity index (χ1v) is 20.6. The molecule has 4 heterocycles. The third kappa shape index (κ3) is 5.21. The predicted molar refractivity (Wildman–Crippen MR) is 250 cm³/mol. The lowest BCUT2D eigenvalue weighted by Crippen LogP contribution is -2.03. The number of nitrogens with zero attached hydrogens (tertiary/aromatic N) is 3. The zero-order chi connectivity index (χ0) is 40.0. The van der Waals surface area contributed by atoms with Crippen molar-refractivity contribution in [3.05, 3.63) is 200 Å². The summed E-state index contributed by atoms with van der Waals surface area (Å²) in [6.07, 6.45) is 0. The van der Waals surface area contributed by atoms with E-state index in [1.807, 2.05) is 42.5 Å². The molecule has 0 aliphatic heterocycles. The second-order valence-corrected chi connectivity index (χ2v) is 15.7. The van der Waals surface area contributed by atoms with Gasteiger partial charge in [-0.1, -0.05) is 164 Å². The average Bonchev–Trinajstić information content (AvgIpc) is 4.01. The van der Waals surface area contributed by atoms with E-state index in [-0.39, 0.29) is 0 Å². The van der Waals surface area contributed by atoms with Gasteiger partial charge in [-0.3, -0.25) is 4.57 Å². The van der Waals surface area contributed by atoms with E-state index in [1.165, 1.54) is 0 Å². The van der Waals surface area contributed by atoms with Crippen molar-refractivity contribution in [1.82, 2.24) is 14.5 Å². The average molecular weight is 780 g/mol. The van der Waals surface area contributed by atoms with Gasteiger partial charge in [0.2, 0.25) is 0 Å². The van der Waals surface area contributed by atoms with Crippen LogP contribution in [0.5, 0.6) is 0 Å². The number of benzene rings is 9. The first kappa shape index (κ1) is 33.7. The molecule has 4 aromatic heterocycles. The maximum atomic E-state index is 6.52. The number of aromatic nitrogens is 3. The molecule has 284 valence electrons. The fraction of sp³-hybridized carbons (Fsp3) is 0. The molecule has 0 unspecified atom stereocenters. The van der Waals surface area contributed by atoms with E-state index in [0.29, 0.717) is 5.82 Å². The number of hydrogen-bond acceptors (Lipinski definition) is 4. The fourth-order valence-electron chi connectivity index (χ4n) is 9.42. The minimum absolute atomic E-state index is 0.645. The Balaban J connectivity index is 1.09. The molecule has 61 heavy (non-hydrogen) atoms. The second kappa shape index (κ2) is 13.1. The highest BCUT2D eigenvalue weighted by Gasteiger charge is 2.22. The van der Waals surface area contributed by atoms with Gasteiger partial charge in [0.15, 0.2) is 5.82 Å². The molecule has 5 heteroatoms. The quantitative estimate of drug-likeness (QED) is 0.175. The summed E-state index contributed by atoms with van der Waals surface area (Å²) in [4.78, 5) is 10.7. The van der Waals surface area contributed by atoms with Crippen molar-refractivity contribution in [1.29, 1.82) is 0 Å². The molecular weight excluding hydrogens is 747 g/mol. The van der Waals surface area contributed by atoms with Gasteiger partial charge in [0, 0.05) is 66.0 Å². The van der Waals surface area contributed by atoms with Crippen molar-refractivity contribution >= 4 is 76.5 Å². The van der Waals surface area contributed by atoms with Crippen LogP contribution in [0.25, 0.3) is 127 Å². The van der Waals surface area contributed by atoms with E-state index in [4.69, 9.17) is 18.8 Å². The van der Waals surface area contributed by atoms with Crippen LogP contribution in [0, 0.1) is 0 Å². The van der Waals surface area contributed by atoms with Gasteiger partial charge in [0.25, 0.3) is 0 Å². The number of furan rings is 2. The lowest BCUT2D eigenvalue weighted by Gasteiger charge is -2.15. The van der Waals surface area contributed by atoms with Crippen LogP contribution in [0.1, 0.15) is 0 Å². The van der Waals surface area contributed by atoms with E-state index < -0.39 is 0 Å². The van der Waals surface area contributed by atoms with Crippen LogP contribution in [0.15, 0.2) is 209 Å². The molecule has 5 nitrogen and oxygen atoms in total. The zero-order valence-electron chi connectivity index (χ0n) is 32.7. The number of para-hydroxylation sites is 4. The fourth-order valence-corrected chi connectivity index (χ4v) is 9.42. The minimum Gasteiger partial charge on any atom is -0.456 e. The first-order valence-electron chi connectivity index (χ1n) is 20.6. The summed E-state index contributed by atoms with van der Waals surface area (Å²) in [5.74, 6) is 1.42. The Morgan fingerprint density at radius 1 is 0.344 bits per heavy atom. The number of rotatable bonds is 5. The van der Waals surface area contributed by atoms with Gasteiger partial charge in [0.05, 0.1) is 16.7 Å². The molecule has 0 radical (unpaired) electrons. The SMILES string of the molecule is c1ccc(-c2nc(-c3ccc4c(c3)oc3ccccc34)cc(-n3c4c(-c5cccc(-c6cccc7c6oc6ccccc67)c5)cccc4c4ccc5ccccc5c43)n2)cc1. The van der Waals surface area contributed by atoms with E-state index in [9.17, 15) is 0 Å². The zero-order valence-corrected chi connectivity index (χ0v) is 32.7. The van der Waals surface area contributed by atoms with E-state index >= 15 is 0 Å². The lowest BCUT2D eigenvalue weighted by atomic mass is 9.96. The number of hydrogen-bond donors (Lipinski definition) is 0. The van der Waals surface area contributed by atoms with E-state index in [0.717, 1.165) is 121 Å². The van der Waals surface area contributed by atoms with Gasteiger partial charge in [-0.25, -0.2) is 9.97 Å². The summed E-state index contributed by atoms with van der Waals surface area (Å²) in [6.45, 7) is 0. The van der Waals surface area contributed by atoms with Crippen LogP contribution in [0.4, 0.5) is 0 Å². The Labute approximate surface area is 349 Å². The van der Waals surface area contributed by atoms with Crippen LogP contribution < -0.4 is 0 Å². The van der Waals surface area contributed by atoms with Gasteiger partial charge in [-0.05, 0) is 46.8 Å². The van der Waals surface area contributed by atoms with Crippen molar-refractivity contribution < 1.29 is 8.83 Å². The number of fused-ring (bicyclic) bond motifs is 11. The maximum absolute atomic E-state index is 6.52. The lowest BCUT2D eigenvalue weighted by molar-refractivity contribution is 0.669. The summed E-state index contributed by atoms with van der Waals surface area (Å²) in [5, 5.41) is 9.02. The molecule has 0 amide bonds. The molecule has 0 spiro atoms. The van der Waals surface area contributed by atoms with E-state index in [2.05, 4.69) is 162 Å². The summed E-state index contributed by atoms with van der Waals surface area (Å²) in [6, 6.07) is 70.2. The van der Waals surface area contributed by atoms with Crippen LogP contribution >= 0.6 is 0 Å². The Morgan fingerprint density at radius 3 is 1.80 bits per heavy atom. The van der Waals surface area contributed by atoms with Crippen LogP contribution in [-0.2, 0) is 0 Å². The monoisotopic (exact) mass is 779 g/mol. The summed E-state index contributed by atoms with van der Waals surface area (Å²) < 4.78 is 15.3.